The van der Waals surface area contributed by atoms with Gasteiger partial charge in [-0.3, -0.25) is 9.59 Å². The summed E-state index contributed by atoms with van der Waals surface area (Å²) in [5.74, 6) is -1.12. The van der Waals surface area contributed by atoms with Crippen molar-refractivity contribution >= 4 is 11.9 Å². The predicted octanol–water partition coefficient (Wildman–Crippen LogP) is 2.31. The molecule has 120 valence electrons. The van der Waals surface area contributed by atoms with Crippen LogP contribution in [0.3, 0.4) is 0 Å². The Kier molecular flexibility index (Phi) is 4.90. The average Bonchev–Trinajstić information content (AvgIpc) is 2.46. The molecule has 0 atom stereocenters. The van der Waals surface area contributed by atoms with Crippen LogP contribution in [-0.2, 0) is 4.79 Å². The highest BCUT2D eigenvalue weighted by Crippen LogP contribution is 2.32. The van der Waals surface area contributed by atoms with Gasteiger partial charge in [0.2, 0.25) is 0 Å². The van der Waals surface area contributed by atoms with E-state index in [4.69, 9.17) is 9.84 Å². The Hall–Kier alpha value is -2.24. The normalized spacial score (nSPS) is 16.8. The first-order valence-electron chi connectivity index (χ1n) is 7.37. The zero-order valence-corrected chi connectivity index (χ0v) is 12.6. The van der Waals surface area contributed by atoms with Gasteiger partial charge in [0.15, 0.2) is 0 Å². The molecule has 0 saturated heterocycles. The summed E-state index contributed by atoms with van der Waals surface area (Å²) in [6.45, 7) is 0. The third-order valence-electron chi connectivity index (χ3n) is 4.13. The van der Waals surface area contributed by atoms with Gasteiger partial charge in [-0.05, 0) is 25.0 Å². The van der Waals surface area contributed by atoms with E-state index in [0.29, 0.717) is 18.6 Å². The average molecular weight is 307 g/mol. The van der Waals surface area contributed by atoms with Crippen LogP contribution in [-0.4, -0.2) is 34.7 Å². The smallest absolute Gasteiger partial charge is 0.305 e. The molecule has 1 aliphatic rings. The van der Waals surface area contributed by atoms with Gasteiger partial charge in [0, 0.05) is 6.07 Å². The number of rotatable bonds is 5. The first kappa shape index (κ1) is 16.1. The molecule has 0 spiro atoms. The molecule has 0 radical (unpaired) electrons. The summed E-state index contributed by atoms with van der Waals surface area (Å²) in [6, 6.07) is 4.42. The Labute approximate surface area is 129 Å². The van der Waals surface area contributed by atoms with E-state index in [1.807, 2.05) is 0 Å². The highest BCUT2D eigenvalue weighted by molar-refractivity contribution is 5.97. The van der Waals surface area contributed by atoms with Crippen LogP contribution in [0.1, 0.15) is 48.9 Å². The standard InChI is InChI=1S/C16H21NO5/c1-22-11-5-6-12(13(18)9-11)15(21)17-16(10-14(19)20)7-3-2-4-8-16/h5-6,9,18H,2-4,7-8,10H2,1H3,(H,17,21)(H,19,20). The molecular formula is C16H21NO5. The van der Waals surface area contributed by atoms with Crippen LogP contribution < -0.4 is 10.1 Å². The lowest BCUT2D eigenvalue weighted by atomic mass is 9.79. The Morgan fingerprint density at radius 1 is 1.27 bits per heavy atom. The zero-order valence-electron chi connectivity index (χ0n) is 12.6. The lowest BCUT2D eigenvalue weighted by Crippen LogP contribution is -2.51. The molecule has 0 bridgehead atoms. The van der Waals surface area contributed by atoms with Crippen LogP contribution in [0.15, 0.2) is 18.2 Å². The van der Waals surface area contributed by atoms with Gasteiger partial charge in [-0.1, -0.05) is 19.3 Å². The summed E-state index contributed by atoms with van der Waals surface area (Å²) in [4.78, 5) is 23.5. The van der Waals surface area contributed by atoms with E-state index in [1.165, 1.54) is 19.2 Å². The van der Waals surface area contributed by atoms with Crippen molar-refractivity contribution in [3.8, 4) is 11.5 Å². The minimum Gasteiger partial charge on any atom is -0.507 e. The summed E-state index contributed by atoms with van der Waals surface area (Å²) >= 11 is 0. The van der Waals surface area contributed by atoms with Gasteiger partial charge in [-0.25, -0.2) is 0 Å². The van der Waals surface area contributed by atoms with E-state index >= 15 is 0 Å². The number of phenols is 1. The number of nitrogens with one attached hydrogen (secondary N) is 1. The van der Waals surface area contributed by atoms with Crippen molar-refractivity contribution in [2.45, 2.75) is 44.1 Å². The summed E-state index contributed by atoms with van der Waals surface area (Å²) in [5, 5.41) is 21.9. The van der Waals surface area contributed by atoms with Gasteiger partial charge in [0.25, 0.3) is 5.91 Å². The number of hydrogen-bond acceptors (Lipinski definition) is 4. The molecule has 22 heavy (non-hydrogen) atoms. The third-order valence-corrected chi connectivity index (χ3v) is 4.13. The molecule has 1 fully saturated rings. The summed E-state index contributed by atoms with van der Waals surface area (Å²) in [6.07, 6.45) is 4.01. The number of carbonyl (C=O) groups excluding carboxylic acids is 1. The van der Waals surface area contributed by atoms with Gasteiger partial charge in [0.05, 0.1) is 24.6 Å². The van der Waals surface area contributed by atoms with Crippen molar-refractivity contribution in [2.24, 2.45) is 0 Å². The molecule has 2 rings (SSSR count). The Bertz CT molecular complexity index is 564. The molecule has 6 heteroatoms. The number of ether oxygens (including phenoxy) is 1. The fourth-order valence-corrected chi connectivity index (χ4v) is 3.00. The number of benzene rings is 1. The second-order valence-electron chi connectivity index (χ2n) is 5.75. The lowest BCUT2D eigenvalue weighted by Gasteiger charge is -2.37. The SMILES string of the molecule is COc1ccc(C(=O)NC2(CC(=O)O)CCCCC2)c(O)c1. The fourth-order valence-electron chi connectivity index (χ4n) is 3.00. The first-order chi connectivity index (χ1) is 10.5. The first-order valence-corrected chi connectivity index (χ1v) is 7.37. The van der Waals surface area contributed by atoms with Crippen LogP contribution in [0, 0.1) is 0 Å². The zero-order chi connectivity index (χ0) is 16.2. The second kappa shape index (κ2) is 6.68. The maximum absolute atomic E-state index is 12.4. The number of aliphatic carboxylic acids is 1. The molecule has 1 aromatic rings. The van der Waals surface area contributed by atoms with Crippen LogP contribution in [0.25, 0.3) is 0 Å². The predicted molar refractivity (Wildman–Crippen MR) is 80.2 cm³/mol. The minimum absolute atomic E-state index is 0.102. The fraction of sp³-hybridized carbons (Fsp3) is 0.500. The molecule has 0 aliphatic heterocycles. The molecule has 6 nitrogen and oxygen atoms in total. The number of carbonyl (C=O) groups is 2. The molecule has 1 aromatic carbocycles. The molecule has 0 aromatic heterocycles. The van der Waals surface area contributed by atoms with E-state index in [2.05, 4.69) is 5.32 Å². The van der Waals surface area contributed by atoms with E-state index in [1.54, 1.807) is 6.07 Å². The van der Waals surface area contributed by atoms with Crippen molar-refractivity contribution in [2.75, 3.05) is 7.11 Å². The van der Waals surface area contributed by atoms with Gasteiger partial charge < -0.3 is 20.3 Å². The maximum Gasteiger partial charge on any atom is 0.305 e. The van der Waals surface area contributed by atoms with Crippen LogP contribution >= 0.6 is 0 Å². The van der Waals surface area contributed by atoms with E-state index in [9.17, 15) is 14.7 Å². The Morgan fingerprint density at radius 3 is 2.50 bits per heavy atom. The van der Waals surface area contributed by atoms with Crippen molar-refractivity contribution in [3.05, 3.63) is 23.8 Å². The van der Waals surface area contributed by atoms with Crippen LogP contribution in [0.5, 0.6) is 11.5 Å². The summed E-state index contributed by atoms with van der Waals surface area (Å²) in [5.41, 5.74) is -0.607. The summed E-state index contributed by atoms with van der Waals surface area (Å²) in [7, 11) is 1.47. The highest BCUT2D eigenvalue weighted by atomic mass is 16.5. The topological polar surface area (TPSA) is 95.9 Å². The van der Waals surface area contributed by atoms with Gasteiger partial charge in [0.1, 0.15) is 11.5 Å². The van der Waals surface area contributed by atoms with Crippen LogP contribution in [0.4, 0.5) is 0 Å². The quantitative estimate of drug-likeness (QED) is 0.775. The Balaban J connectivity index is 2.19. The molecule has 1 amide bonds. The number of aromatic hydroxyl groups is 1. The maximum atomic E-state index is 12.4. The lowest BCUT2D eigenvalue weighted by molar-refractivity contribution is -0.139. The van der Waals surface area contributed by atoms with Crippen LogP contribution in [0.2, 0.25) is 0 Å². The molecular weight excluding hydrogens is 286 g/mol. The number of carboxylic acid groups (broad SMARTS) is 1. The minimum atomic E-state index is -0.929. The molecule has 0 unspecified atom stereocenters. The summed E-state index contributed by atoms with van der Waals surface area (Å²) < 4.78 is 4.98. The molecule has 3 N–H and O–H groups in total. The van der Waals surface area contributed by atoms with Gasteiger partial charge >= 0.3 is 5.97 Å². The molecule has 1 aliphatic carbocycles. The number of methoxy groups -OCH3 is 1. The number of phenolic OH excluding ortho intramolecular Hbond substituents is 1. The van der Waals surface area contributed by atoms with Crippen molar-refractivity contribution in [3.63, 3.8) is 0 Å². The Morgan fingerprint density at radius 2 is 1.95 bits per heavy atom. The number of carboxylic acids is 1. The number of amides is 1. The monoisotopic (exact) mass is 307 g/mol. The molecule has 1 saturated carbocycles. The van der Waals surface area contributed by atoms with Crippen molar-refractivity contribution < 1.29 is 24.5 Å². The molecule has 0 heterocycles. The largest absolute Gasteiger partial charge is 0.507 e. The third kappa shape index (κ3) is 3.69. The van der Waals surface area contributed by atoms with Gasteiger partial charge in [-0.2, -0.15) is 0 Å². The number of hydrogen-bond donors (Lipinski definition) is 3. The van der Waals surface area contributed by atoms with Gasteiger partial charge in [-0.15, -0.1) is 0 Å². The van der Waals surface area contributed by atoms with E-state index in [-0.39, 0.29) is 17.7 Å². The van der Waals surface area contributed by atoms with E-state index in [0.717, 1.165) is 19.3 Å². The second-order valence-corrected chi connectivity index (χ2v) is 5.75. The van der Waals surface area contributed by atoms with E-state index < -0.39 is 17.4 Å². The van der Waals surface area contributed by atoms with Crippen molar-refractivity contribution in [1.82, 2.24) is 5.32 Å². The van der Waals surface area contributed by atoms with Crippen molar-refractivity contribution in [1.29, 1.82) is 0 Å². The highest BCUT2D eigenvalue weighted by Gasteiger charge is 2.36.